The minimum absolute atomic E-state index is 0.0631. The SMILES string of the molecule is CCc1cnc([N+](=O)[O-])n1C(C)C. The second-order valence-electron chi connectivity index (χ2n) is 3.12. The summed E-state index contributed by atoms with van der Waals surface area (Å²) in [5.41, 5.74) is 0.904. The maximum absolute atomic E-state index is 10.6. The molecule has 0 aliphatic rings. The topological polar surface area (TPSA) is 61.0 Å². The summed E-state index contributed by atoms with van der Waals surface area (Å²) in [6.07, 6.45) is 2.33. The van der Waals surface area contributed by atoms with Crippen LogP contribution >= 0.6 is 0 Å². The standard InChI is InChI=1S/C8H13N3O2/c1-4-7-5-9-8(11(12)13)10(7)6(2)3/h5-6H,4H2,1-3H3. The highest BCUT2D eigenvalue weighted by Gasteiger charge is 2.21. The van der Waals surface area contributed by atoms with Crippen LogP contribution in [0.4, 0.5) is 5.95 Å². The molecule has 0 aromatic carbocycles. The predicted molar refractivity (Wildman–Crippen MR) is 48.6 cm³/mol. The van der Waals surface area contributed by atoms with Gasteiger partial charge >= 0.3 is 5.95 Å². The average molecular weight is 183 g/mol. The van der Waals surface area contributed by atoms with Crippen molar-refractivity contribution in [1.29, 1.82) is 0 Å². The van der Waals surface area contributed by atoms with Crippen molar-refractivity contribution in [2.75, 3.05) is 0 Å². The Balaban J connectivity index is 3.22. The minimum atomic E-state index is -0.445. The van der Waals surface area contributed by atoms with Gasteiger partial charge in [-0.25, -0.2) is 4.57 Å². The molecule has 1 aromatic rings. The lowest BCUT2D eigenvalue weighted by Gasteiger charge is -2.07. The summed E-state index contributed by atoms with van der Waals surface area (Å²) < 4.78 is 1.65. The molecule has 13 heavy (non-hydrogen) atoms. The summed E-state index contributed by atoms with van der Waals surface area (Å²) >= 11 is 0. The Kier molecular flexibility index (Phi) is 2.65. The normalized spacial score (nSPS) is 10.8. The lowest BCUT2D eigenvalue weighted by Crippen LogP contribution is -2.08. The third-order valence-corrected chi connectivity index (χ3v) is 1.90. The Hall–Kier alpha value is -1.39. The van der Waals surface area contributed by atoms with Gasteiger partial charge in [-0.3, -0.25) is 0 Å². The van der Waals surface area contributed by atoms with Gasteiger partial charge in [-0.1, -0.05) is 11.9 Å². The second kappa shape index (κ2) is 3.55. The molecule has 0 N–H and O–H groups in total. The Bertz CT molecular complexity index is 317. The van der Waals surface area contributed by atoms with Gasteiger partial charge < -0.3 is 10.1 Å². The molecule has 1 rings (SSSR count). The van der Waals surface area contributed by atoms with Crippen LogP contribution in [-0.4, -0.2) is 14.5 Å². The highest BCUT2D eigenvalue weighted by atomic mass is 16.6. The molecule has 0 radical (unpaired) electrons. The van der Waals surface area contributed by atoms with E-state index >= 15 is 0 Å². The molecule has 5 nitrogen and oxygen atoms in total. The average Bonchev–Trinajstić information content (AvgIpc) is 2.46. The summed E-state index contributed by atoms with van der Waals surface area (Å²) in [5.74, 6) is -0.0631. The van der Waals surface area contributed by atoms with Crippen LogP contribution in [0.1, 0.15) is 32.5 Å². The third kappa shape index (κ3) is 1.68. The summed E-state index contributed by atoms with van der Waals surface area (Å²) in [4.78, 5) is 13.9. The number of nitrogens with zero attached hydrogens (tertiary/aromatic N) is 3. The minimum Gasteiger partial charge on any atom is -0.390 e. The molecule has 0 atom stereocenters. The van der Waals surface area contributed by atoms with E-state index in [4.69, 9.17) is 0 Å². The van der Waals surface area contributed by atoms with E-state index in [2.05, 4.69) is 4.98 Å². The van der Waals surface area contributed by atoms with Gasteiger partial charge in [0.15, 0.2) is 0 Å². The van der Waals surface area contributed by atoms with Gasteiger partial charge in [0.2, 0.25) is 0 Å². The van der Waals surface area contributed by atoms with E-state index in [1.165, 1.54) is 0 Å². The number of aromatic nitrogens is 2. The molecule has 0 amide bonds. The molecule has 0 spiro atoms. The van der Waals surface area contributed by atoms with Gasteiger partial charge in [0.25, 0.3) is 0 Å². The van der Waals surface area contributed by atoms with Crippen molar-refractivity contribution < 1.29 is 4.92 Å². The Morgan fingerprint density at radius 3 is 2.69 bits per heavy atom. The number of imidazole rings is 1. The van der Waals surface area contributed by atoms with Crippen LogP contribution in [0.3, 0.4) is 0 Å². The molecule has 0 fully saturated rings. The fourth-order valence-electron chi connectivity index (χ4n) is 1.34. The third-order valence-electron chi connectivity index (χ3n) is 1.90. The number of hydrogen-bond donors (Lipinski definition) is 0. The van der Waals surface area contributed by atoms with Crippen molar-refractivity contribution in [3.8, 4) is 0 Å². The highest BCUT2D eigenvalue weighted by molar-refractivity contribution is 5.16. The van der Waals surface area contributed by atoms with Gasteiger partial charge in [-0.15, -0.1) is 0 Å². The summed E-state index contributed by atoms with van der Waals surface area (Å²) in [7, 11) is 0. The monoisotopic (exact) mass is 183 g/mol. The van der Waals surface area contributed by atoms with Crippen molar-refractivity contribution >= 4 is 5.95 Å². The lowest BCUT2D eigenvalue weighted by molar-refractivity contribution is -0.397. The molecule has 5 heteroatoms. The maximum Gasteiger partial charge on any atom is 0.434 e. The Labute approximate surface area is 76.5 Å². The predicted octanol–water partition coefficient (Wildman–Crippen LogP) is 1.93. The number of hydrogen-bond acceptors (Lipinski definition) is 3. The zero-order valence-electron chi connectivity index (χ0n) is 8.02. The van der Waals surface area contributed by atoms with Crippen LogP contribution in [0.15, 0.2) is 6.20 Å². The zero-order valence-corrected chi connectivity index (χ0v) is 8.02. The van der Waals surface area contributed by atoms with Crippen LogP contribution in [0.25, 0.3) is 0 Å². The number of rotatable bonds is 3. The molecule has 72 valence electrons. The summed E-state index contributed by atoms with van der Waals surface area (Å²) in [6.45, 7) is 5.78. The van der Waals surface area contributed by atoms with Crippen LogP contribution in [-0.2, 0) is 6.42 Å². The second-order valence-corrected chi connectivity index (χ2v) is 3.12. The van der Waals surface area contributed by atoms with E-state index in [0.29, 0.717) is 0 Å². The molecule has 1 aromatic heterocycles. The van der Waals surface area contributed by atoms with Crippen LogP contribution < -0.4 is 0 Å². The fourth-order valence-corrected chi connectivity index (χ4v) is 1.34. The summed E-state index contributed by atoms with van der Waals surface area (Å²) in [6, 6.07) is 0.0813. The molecule has 1 heterocycles. The zero-order chi connectivity index (χ0) is 10.0. The first-order valence-corrected chi connectivity index (χ1v) is 4.28. The van der Waals surface area contributed by atoms with Gasteiger partial charge in [0.1, 0.15) is 11.9 Å². The molecule has 0 saturated carbocycles. The molecule has 0 aliphatic carbocycles. The van der Waals surface area contributed by atoms with E-state index in [-0.39, 0.29) is 12.0 Å². The van der Waals surface area contributed by atoms with E-state index < -0.39 is 4.92 Å². The maximum atomic E-state index is 10.6. The molecular formula is C8H13N3O2. The van der Waals surface area contributed by atoms with Crippen molar-refractivity contribution in [2.45, 2.75) is 33.2 Å². The van der Waals surface area contributed by atoms with E-state index in [1.807, 2.05) is 20.8 Å². The van der Waals surface area contributed by atoms with E-state index in [9.17, 15) is 10.1 Å². The molecule has 0 bridgehead atoms. The van der Waals surface area contributed by atoms with Crippen molar-refractivity contribution in [1.82, 2.24) is 9.55 Å². The van der Waals surface area contributed by atoms with E-state index in [0.717, 1.165) is 12.1 Å². The lowest BCUT2D eigenvalue weighted by atomic mass is 10.3. The largest absolute Gasteiger partial charge is 0.434 e. The van der Waals surface area contributed by atoms with Gasteiger partial charge in [-0.2, -0.15) is 0 Å². The first-order chi connectivity index (χ1) is 6.07. The van der Waals surface area contributed by atoms with Gasteiger partial charge in [0, 0.05) is 6.42 Å². The molecular weight excluding hydrogens is 170 g/mol. The number of nitro groups is 1. The molecule has 0 unspecified atom stereocenters. The summed E-state index contributed by atoms with van der Waals surface area (Å²) in [5, 5.41) is 10.6. The van der Waals surface area contributed by atoms with Gasteiger partial charge in [0.05, 0.1) is 6.04 Å². The van der Waals surface area contributed by atoms with Crippen LogP contribution in [0.5, 0.6) is 0 Å². The van der Waals surface area contributed by atoms with Gasteiger partial charge in [-0.05, 0) is 18.8 Å². The smallest absolute Gasteiger partial charge is 0.390 e. The van der Waals surface area contributed by atoms with Crippen molar-refractivity contribution in [3.05, 3.63) is 22.0 Å². The molecule has 0 saturated heterocycles. The first-order valence-electron chi connectivity index (χ1n) is 4.28. The Morgan fingerprint density at radius 2 is 2.31 bits per heavy atom. The number of aryl methyl sites for hydroxylation is 1. The quantitative estimate of drug-likeness (QED) is 0.531. The van der Waals surface area contributed by atoms with Crippen LogP contribution in [0.2, 0.25) is 0 Å². The van der Waals surface area contributed by atoms with Crippen LogP contribution in [0, 0.1) is 10.1 Å². The van der Waals surface area contributed by atoms with E-state index in [1.54, 1.807) is 10.8 Å². The highest BCUT2D eigenvalue weighted by Crippen LogP contribution is 2.19. The van der Waals surface area contributed by atoms with Crippen molar-refractivity contribution in [2.24, 2.45) is 0 Å². The fraction of sp³-hybridized carbons (Fsp3) is 0.625. The first kappa shape index (κ1) is 9.70. The Morgan fingerprint density at radius 1 is 1.69 bits per heavy atom. The molecule has 0 aliphatic heterocycles. The van der Waals surface area contributed by atoms with Crippen molar-refractivity contribution in [3.63, 3.8) is 0 Å².